The van der Waals surface area contributed by atoms with Crippen LogP contribution >= 0.6 is 0 Å². The number of aromatic amines is 1. The standard InChI is InChI=1S/C32H29N5O4.K.H/c1-4-7-29-28(31(38)37(21(3)34-29)24-14-16-25(17-15-24)40-20(2)19-33)18-22-10-12-23(13-11-22)26-8-5-6-9-27(26)30-35-32(39)41-36-30;;/h5-6,8-17,20H,4,7,18H2,1-3H3,(H,35,36,39);;. The summed E-state index contributed by atoms with van der Waals surface area (Å²) in [6.07, 6.45) is 1.43. The van der Waals surface area contributed by atoms with Crippen molar-refractivity contribution in [3.05, 3.63) is 116 Å². The SMILES string of the molecule is CCCc1nc(C)n(-c2ccc(OC(C)C#N)cc2)c(=O)c1Cc1ccc(-c2ccccc2-c2noc(=O)[nH]2)cc1.[KH]. The van der Waals surface area contributed by atoms with Crippen LogP contribution in [-0.2, 0) is 12.8 Å². The Morgan fingerprint density at radius 2 is 1.71 bits per heavy atom. The van der Waals surface area contributed by atoms with Gasteiger partial charge in [0.15, 0.2) is 11.9 Å². The quantitative estimate of drug-likeness (QED) is 0.247. The molecule has 0 aliphatic rings. The van der Waals surface area contributed by atoms with E-state index >= 15 is 0 Å². The van der Waals surface area contributed by atoms with Gasteiger partial charge >= 0.3 is 57.1 Å². The zero-order valence-corrected chi connectivity index (χ0v) is 23.0. The van der Waals surface area contributed by atoms with Gasteiger partial charge in [-0.05, 0) is 61.2 Å². The first-order chi connectivity index (χ1) is 19.9. The van der Waals surface area contributed by atoms with Crippen LogP contribution in [0.4, 0.5) is 0 Å². The Labute approximate surface area is 285 Å². The minimum absolute atomic E-state index is 0. The summed E-state index contributed by atoms with van der Waals surface area (Å²) in [6, 6.07) is 24.7. The second-order valence-corrected chi connectivity index (χ2v) is 9.72. The molecule has 0 aliphatic heterocycles. The number of rotatable bonds is 9. The molecule has 0 spiro atoms. The number of hydrogen-bond donors (Lipinski definition) is 1. The molecule has 1 N–H and O–H groups in total. The molecule has 1 unspecified atom stereocenters. The van der Waals surface area contributed by atoms with Gasteiger partial charge in [-0.25, -0.2) is 9.78 Å². The summed E-state index contributed by atoms with van der Waals surface area (Å²) in [5.74, 6) is 0.924. The summed E-state index contributed by atoms with van der Waals surface area (Å²) < 4.78 is 11.9. The van der Waals surface area contributed by atoms with Gasteiger partial charge < -0.3 is 4.74 Å². The third-order valence-electron chi connectivity index (χ3n) is 6.77. The third-order valence-corrected chi connectivity index (χ3v) is 6.77. The summed E-state index contributed by atoms with van der Waals surface area (Å²) in [5.41, 5.74) is 5.59. The molecule has 9 nitrogen and oxygen atoms in total. The van der Waals surface area contributed by atoms with E-state index in [1.165, 1.54) is 0 Å². The predicted octanol–water partition coefficient (Wildman–Crippen LogP) is 4.74. The molecule has 42 heavy (non-hydrogen) atoms. The molecule has 1 atom stereocenters. The van der Waals surface area contributed by atoms with E-state index in [-0.39, 0.29) is 56.9 Å². The number of nitrogens with one attached hydrogen (secondary N) is 1. The van der Waals surface area contributed by atoms with Crippen LogP contribution in [-0.4, -0.2) is 77.2 Å². The first-order valence-electron chi connectivity index (χ1n) is 13.4. The van der Waals surface area contributed by atoms with E-state index in [0.717, 1.165) is 34.4 Å². The third kappa shape index (κ3) is 6.89. The number of ether oxygens (including phenoxy) is 1. The number of nitrogens with zero attached hydrogens (tertiary/aromatic N) is 4. The first-order valence-corrected chi connectivity index (χ1v) is 13.4. The summed E-state index contributed by atoms with van der Waals surface area (Å²) in [7, 11) is 0. The summed E-state index contributed by atoms with van der Waals surface area (Å²) in [5, 5.41) is 12.8. The molecule has 2 aromatic heterocycles. The maximum absolute atomic E-state index is 13.9. The van der Waals surface area contributed by atoms with Crippen LogP contribution in [0.2, 0.25) is 0 Å². The average Bonchev–Trinajstić information content (AvgIpc) is 3.42. The Morgan fingerprint density at radius 3 is 2.33 bits per heavy atom. The molecule has 0 saturated heterocycles. The second kappa shape index (κ2) is 14.0. The number of H-pyrrole nitrogens is 1. The van der Waals surface area contributed by atoms with Crippen molar-refractivity contribution in [1.29, 1.82) is 5.26 Å². The predicted molar refractivity (Wildman–Crippen MR) is 162 cm³/mol. The number of benzene rings is 3. The van der Waals surface area contributed by atoms with Crippen LogP contribution in [0.3, 0.4) is 0 Å². The van der Waals surface area contributed by atoms with Crippen LogP contribution in [0.25, 0.3) is 28.2 Å². The molecule has 208 valence electrons. The molecular formula is C32H30KN5O4. The average molecular weight is 588 g/mol. The van der Waals surface area contributed by atoms with E-state index in [4.69, 9.17) is 19.5 Å². The van der Waals surface area contributed by atoms with Crippen molar-refractivity contribution in [2.75, 3.05) is 0 Å². The van der Waals surface area contributed by atoms with Crippen molar-refractivity contribution < 1.29 is 9.26 Å². The minimum atomic E-state index is -0.608. The van der Waals surface area contributed by atoms with E-state index in [0.29, 0.717) is 41.5 Å². The molecule has 0 saturated carbocycles. The first kappa shape index (κ1) is 31.3. The Balaban J connectivity index is 0.00000405. The maximum atomic E-state index is 13.9. The van der Waals surface area contributed by atoms with Gasteiger partial charge in [-0.15, -0.1) is 0 Å². The molecule has 0 radical (unpaired) electrons. The Hall–Kier alpha value is -3.59. The molecule has 5 rings (SSSR count). The molecule has 3 aromatic carbocycles. The van der Waals surface area contributed by atoms with E-state index < -0.39 is 11.9 Å². The Bertz CT molecular complexity index is 1830. The molecule has 0 amide bonds. The van der Waals surface area contributed by atoms with E-state index in [2.05, 4.69) is 17.1 Å². The molecule has 10 heteroatoms. The summed E-state index contributed by atoms with van der Waals surface area (Å²) in [4.78, 5) is 32.8. The van der Waals surface area contributed by atoms with Crippen molar-refractivity contribution in [1.82, 2.24) is 19.7 Å². The normalized spacial score (nSPS) is 11.4. The van der Waals surface area contributed by atoms with Crippen LogP contribution in [0, 0.1) is 18.3 Å². The Kier molecular flexibility index (Phi) is 10.5. The van der Waals surface area contributed by atoms with Crippen LogP contribution in [0.15, 0.2) is 86.9 Å². The molecule has 0 aliphatic carbocycles. The monoisotopic (exact) mass is 587 g/mol. The van der Waals surface area contributed by atoms with Crippen LogP contribution in [0.5, 0.6) is 5.75 Å². The van der Waals surface area contributed by atoms with E-state index in [9.17, 15) is 9.59 Å². The van der Waals surface area contributed by atoms with Crippen LogP contribution < -0.4 is 16.1 Å². The molecule has 2 heterocycles. The van der Waals surface area contributed by atoms with E-state index in [1.807, 2.05) is 61.5 Å². The van der Waals surface area contributed by atoms with Crippen molar-refractivity contribution in [2.24, 2.45) is 0 Å². The van der Waals surface area contributed by atoms with Crippen LogP contribution in [0.1, 0.15) is 42.9 Å². The van der Waals surface area contributed by atoms with E-state index in [1.54, 1.807) is 35.8 Å². The van der Waals surface area contributed by atoms with Crippen molar-refractivity contribution in [2.45, 2.75) is 46.1 Å². The topological polar surface area (TPSA) is 127 Å². The zero-order valence-electron chi connectivity index (χ0n) is 23.0. The van der Waals surface area contributed by atoms with Crippen molar-refractivity contribution >= 4 is 51.4 Å². The van der Waals surface area contributed by atoms with Gasteiger partial charge in [-0.3, -0.25) is 18.9 Å². The zero-order chi connectivity index (χ0) is 28.9. The van der Waals surface area contributed by atoms with Gasteiger partial charge in [0.2, 0.25) is 0 Å². The van der Waals surface area contributed by atoms with Crippen molar-refractivity contribution in [3.63, 3.8) is 0 Å². The summed E-state index contributed by atoms with van der Waals surface area (Å²) in [6.45, 7) is 5.58. The van der Waals surface area contributed by atoms with Gasteiger partial charge in [-0.1, -0.05) is 67.0 Å². The number of aryl methyl sites for hydroxylation is 2. The molecule has 0 bridgehead atoms. The van der Waals surface area contributed by atoms with Gasteiger partial charge in [0.05, 0.1) is 11.4 Å². The second-order valence-electron chi connectivity index (χ2n) is 9.72. The Morgan fingerprint density at radius 1 is 1.02 bits per heavy atom. The molecular weight excluding hydrogens is 557 g/mol. The fourth-order valence-electron chi connectivity index (χ4n) is 4.84. The summed E-state index contributed by atoms with van der Waals surface area (Å²) >= 11 is 0. The van der Waals surface area contributed by atoms with Gasteiger partial charge in [-0.2, -0.15) is 5.26 Å². The molecule has 5 aromatic rings. The number of aromatic nitrogens is 4. The number of nitriles is 1. The van der Waals surface area contributed by atoms with Gasteiger partial charge in [0.1, 0.15) is 17.6 Å². The number of hydrogen-bond acceptors (Lipinski definition) is 7. The van der Waals surface area contributed by atoms with Gasteiger partial charge in [0, 0.05) is 17.5 Å². The van der Waals surface area contributed by atoms with Crippen molar-refractivity contribution in [3.8, 4) is 40.0 Å². The fourth-order valence-corrected chi connectivity index (χ4v) is 4.84. The fraction of sp³-hybridized carbons (Fsp3) is 0.219. The van der Waals surface area contributed by atoms with Gasteiger partial charge in [0.25, 0.3) is 5.56 Å². The molecule has 0 fully saturated rings.